The van der Waals surface area contributed by atoms with Gasteiger partial charge in [0.1, 0.15) is 31.3 Å². The maximum Gasteiger partial charge on any atom is 0.410 e. The van der Waals surface area contributed by atoms with Gasteiger partial charge in [0.05, 0.1) is 30.5 Å². The Morgan fingerprint density at radius 1 is 1.13 bits per heavy atom. The van der Waals surface area contributed by atoms with Crippen molar-refractivity contribution in [2.24, 2.45) is 22.9 Å². The number of hydrogen-bond acceptors (Lipinski definition) is 10. The van der Waals surface area contributed by atoms with Crippen LogP contribution in [0.25, 0.3) is 0 Å². The first-order valence-corrected chi connectivity index (χ1v) is 19.0. The largest absolute Gasteiger partial charge is 0.487 e. The number of aryl methyl sites for hydroxylation is 1. The molecule has 0 bridgehead atoms. The van der Waals surface area contributed by atoms with Crippen LogP contribution in [0.3, 0.4) is 0 Å². The van der Waals surface area contributed by atoms with Crippen molar-refractivity contribution in [1.82, 2.24) is 9.88 Å². The summed E-state index contributed by atoms with van der Waals surface area (Å²) in [7, 11) is 1.55. The zero-order chi connectivity index (χ0) is 37.1. The lowest BCUT2D eigenvalue weighted by molar-refractivity contribution is -0.255. The number of carbonyl (C=O) groups is 1. The van der Waals surface area contributed by atoms with Gasteiger partial charge < -0.3 is 34.0 Å². The first-order chi connectivity index (χ1) is 25.3. The zero-order valence-corrected chi connectivity index (χ0v) is 31.3. The Balaban J connectivity index is 1.73. The van der Waals surface area contributed by atoms with Crippen molar-refractivity contribution in [1.29, 1.82) is 0 Å². The fourth-order valence-corrected chi connectivity index (χ4v) is 8.51. The first kappa shape index (κ1) is 39.3. The Labute approximate surface area is 308 Å². The van der Waals surface area contributed by atoms with Crippen molar-refractivity contribution < 1.29 is 38.8 Å². The van der Waals surface area contributed by atoms with E-state index in [1.165, 1.54) is 0 Å². The molecule has 1 aromatic carbocycles. The molecule has 1 aliphatic heterocycles. The van der Waals surface area contributed by atoms with E-state index in [9.17, 15) is 15.0 Å². The van der Waals surface area contributed by atoms with Gasteiger partial charge in [0.15, 0.2) is 0 Å². The lowest BCUT2D eigenvalue weighted by atomic mass is 9.55. The summed E-state index contributed by atoms with van der Waals surface area (Å²) >= 11 is 0. The average Bonchev–Trinajstić information content (AvgIpc) is 3.14. The predicted molar refractivity (Wildman–Crippen MR) is 199 cm³/mol. The molecule has 0 saturated heterocycles. The molecule has 0 radical (unpaired) electrons. The third-order valence-electron chi connectivity index (χ3n) is 10.5. The number of nitrogens with zero attached hydrogens (tertiary/aromatic N) is 3. The van der Waals surface area contributed by atoms with E-state index in [-0.39, 0.29) is 50.1 Å². The molecule has 1 saturated carbocycles. The number of aliphatic hydroxyl groups excluding tert-OH is 2. The first-order valence-electron chi connectivity index (χ1n) is 19.0. The highest BCUT2D eigenvalue weighted by Crippen LogP contribution is 2.62. The molecule has 1 fully saturated rings. The van der Waals surface area contributed by atoms with Crippen LogP contribution in [-0.2, 0) is 20.9 Å². The fraction of sp³-hybridized carbons (Fsp3) is 0.585. The number of ether oxygens (including phenoxy) is 4. The number of rotatable bonds is 19. The van der Waals surface area contributed by atoms with Gasteiger partial charge in [-0.2, -0.15) is 0 Å². The standard InChI is InChI=1S/C41H57N3O8/c1-6-20-44(40(47)49-8-3)37-26-35(43-48-5)33-24-29(15-9-11-21-45)32(17-10-12-22-46)38-34-25-31(50-27-30-16-13-14-28(4)42-30)18-19-36(34)52-41(37,39(33)38)51-23-7-2/h7,13-14,16,18-19,24-25,29,32,37-39,45-46H,2,6,8-12,15,17,20-23,26-27H2,1,3-5H3. The van der Waals surface area contributed by atoms with Gasteiger partial charge in [0.25, 0.3) is 0 Å². The second kappa shape index (κ2) is 18.7. The highest BCUT2D eigenvalue weighted by atomic mass is 16.7. The van der Waals surface area contributed by atoms with Gasteiger partial charge in [0, 0.05) is 43.4 Å². The number of fused-ring (bicyclic) bond motifs is 2. The number of aromatic nitrogens is 1. The molecule has 0 spiro atoms. The molecule has 1 amide bonds. The molecule has 2 N–H and O–H groups in total. The number of unbranched alkanes of at least 4 members (excludes halogenated alkanes) is 2. The van der Waals surface area contributed by atoms with Gasteiger partial charge in [-0.25, -0.2) is 4.79 Å². The number of hydrogen-bond donors (Lipinski definition) is 2. The summed E-state index contributed by atoms with van der Waals surface area (Å²) in [6.07, 6.45) is 9.46. The van der Waals surface area contributed by atoms with Crippen LogP contribution in [0.2, 0.25) is 0 Å². The van der Waals surface area contributed by atoms with Crippen LogP contribution in [0.1, 0.15) is 88.1 Å². The summed E-state index contributed by atoms with van der Waals surface area (Å²) in [6.45, 7) is 11.2. The number of amides is 1. The van der Waals surface area contributed by atoms with E-state index in [1.807, 2.05) is 44.2 Å². The third kappa shape index (κ3) is 8.48. The van der Waals surface area contributed by atoms with E-state index >= 15 is 0 Å². The van der Waals surface area contributed by atoms with E-state index in [0.29, 0.717) is 50.3 Å². The average molecular weight is 720 g/mol. The molecule has 6 atom stereocenters. The van der Waals surface area contributed by atoms with Crippen LogP contribution in [0.4, 0.5) is 4.79 Å². The summed E-state index contributed by atoms with van der Waals surface area (Å²) in [5.74, 6) is -0.208. The topological polar surface area (TPSA) is 132 Å². The molecular formula is C41H57N3O8. The van der Waals surface area contributed by atoms with Gasteiger partial charge in [-0.1, -0.05) is 43.1 Å². The Bertz CT molecular complexity index is 1560. The van der Waals surface area contributed by atoms with Crippen LogP contribution < -0.4 is 9.47 Å². The molecule has 52 heavy (non-hydrogen) atoms. The maximum absolute atomic E-state index is 13.8. The van der Waals surface area contributed by atoms with Gasteiger partial charge in [-0.3, -0.25) is 9.88 Å². The summed E-state index contributed by atoms with van der Waals surface area (Å²) in [4.78, 5) is 25.7. The number of oxime groups is 1. The highest BCUT2D eigenvalue weighted by molar-refractivity contribution is 6.02. The van der Waals surface area contributed by atoms with Gasteiger partial charge >= 0.3 is 6.09 Å². The van der Waals surface area contributed by atoms with Crippen LogP contribution >= 0.6 is 0 Å². The van der Waals surface area contributed by atoms with E-state index in [0.717, 1.165) is 53.9 Å². The molecular weight excluding hydrogens is 662 g/mol. The highest BCUT2D eigenvalue weighted by Gasteiger charge is 2.65. The fourth-order valence-electron chi connectivity index (χ4n) is 8.51. The molecule has 6 unspecified atom stereocenters. The van der Waals surface area contributed by atoms with Crippen LogP contribution in [0.15, 0.2) is 65.9 Å². The Hall–Kier alpha value is -3.93. The van der Waals surface area contributed by atoms with E-state index in [4.69, 9.17) is 23.8 Å². The number of benzene rings is 1. The summed E-state index contributed by atoms with van der Waals surface area (Å²) in [6, 6.07) is 11.3. The van der Waals surface area contributed by atoms with E-state index in [1.54, 1.807) is 25.0 Å². The van der Waals surface area contributed by atoms with Crippen LogP contribution in [-0.4, -0.2) is 83.8 Å². The Morgan fingerprint density at radius 3 is 2.62 bits per heavy atom. The van der Waals surface area contributed by atoms with Crippen molar-refractivity contribution in [3.63, 3.8) is 0 Å². The van der Waals surface area contributed by atoms with Crippen molar-refractivity contribution >= 4 is 11.8 Å². The minimum atomic E-state index is -1.31. The van der Waals surface area contributed by atoms with Crippen molar-refractivity contribution in [2.75, 3.05) is 40.1 Å². The van der Waals surface area contributed by atoms with Crippen molar-refractivity contribution in [2.45, 2.75) is 96.5 Å². The molecule has 5 rings (SSSR count). The number of carbonyl (C=O) groups excluding carboxylic acids is 1. The zero-order valence-electron chi connectivity index (χ0n) is 31.3. The number of allylic oxidation sites excluding steroid dienone is 1. The molecule has 11 heteroatoms. The monoisotopic (exact) mass is 719 g/mol. The molecule has 3 aliphatic rings. The molecule has 2 heterocycles. The van der Waals surface area contributed by atoms with Crippen LogP contribution in [0.5, 0.6) is 11.5 Å². The van der Waals surface area contributed by atoms with Crippen molar-refractivity contribution in [3.8, 4) is 11.5 Å². The number of aliphatic hydroxyl groups is 2. The lowest BCUT2D eigenvalue weighted by Crippen LogP contribution is -2.70. The SMILES string of the molecule is C=CCOC12Oc3ccc(OCc4cccc(C)n4)cc3C3C(CCCCO)C(CCCCO)C=C(C(=NOC)CC1N(CCC)C(=O)OCC)C32. The minimum Gasteiger partial charge on any atom is -0.487 e. The van der Waals surface area contributed by atoms with Gasteiger partial charge in [0.2, 0.25) is 5.79 Å². The Kier molecular flexibility index (Phi) is 14.1. The molecule has 1 aromatic heterocycles. The van der Waals surface area contributed by atoms with Gasteiger partial charge in [-0.05, 0) is 93.7 Å². The quantitative estimate of drug-likeness (QED) is 0.0887. The maximum atomic E-state index is 13.8. The minimum absolute atomic E-state index is 0.117. The van der Waals surface area contributed by atoms with E-state index in [2.05, 4.69) is 28.9 Å². The second-order valence-electron chi connectivity index (χ2n) is 13.9. The summed E-state index contributed by atoms with van der Waals surface area (Å²) in [5.41, 5.74) is 4.50. The smallest absolute Gasteiger partial charge is 0.410 e. The predicted octanol–water partition coefficient (Wildman–Crippen LogP) is 7.10. The molecule has 284 valence electrons. The summed E-state index contributed by atoms with van der Waals surface area (Å²) < 4.78 is 26.2. The van der Waals surface area contributed by atoms with Gasteiger partial charge in [-0.15, -0.1) is 6.58 Å². The third-order valence-corrected chi connectivity index (χ3v) is 10.5. The molecule has 11 nitrogen and oxygen atoms in total. The molecule has 2 aliphatic carbocycles. The Morgan fingerprint density at radius 2 is 1.92 bits per heavy atom. The van der Waals surface area contributed by atoms with E-state index < -0.39 is 17.9 Å². The number of pyridine rings is 1. The lowest BCUT2D eigenvalue weighted by Gasteiger charge is -2.59. The second-order valence-corrected chi connectivity index (χ2v) is 13.9. The normalized spacial score (nSPS) is 25.3. The van der Waals surface area contributed by atoms with Crippen LogP contribution in [0, 0.1) is 24.7 Å². The molecule has 2 aromatic rings. The van der Waals surface area contributed by atoms with Crippen molar-refractivity contribution in [3.05, 3.63) is 77.7 Å². The summed E-state index contributed by atoms with van der Waals surface area (Å²) in [5, 5.41) is 24.2.